The van der Waals surface area contributed by atoms with Gasteiger partial charge >= 0.3 is 0 Å². The Bertz CT molecular complexity index is 686. The molecule has 2 aromatic heterocycles. The summed E-state index contributed by atoms with van der Waals surface area (Å²) < 4.78 is 2.07. The zero-order valence-corrected chi connectivity index (χ0v) is 11.1. The van der Waals surface area contributed by atoms with Crippen LogP contribution in [-0.2, 0) is 6.54 Å². The predicted molar refractivity (Wildman–Crippen MR) is 75.0 cm³/mol. The van der Waals surface area contributed by atoms with Crippen LogP contribution in [-0.4, -0.2) is 19.5 Å². The van der Waals surface area contributed by atoms with Gasteiger partial charge in [0, 0.05) is 0 Å². The molecule has 0 saturated carbocycles. The predicted octanol–water partition coefficient (Wildman–Crippen LogP) is 3.00. The van der Waals surface area contributed by atoms with Crippen LogP contribution < -0.4 is 0 Å². The number of hydrogen-bond donors (Lipinski definition) is 0. The van der Waals surface area contributed by atoms with Crippen molar-refractivity contribution in [3.63, 3.8) is 0 Å². The molecule has 0 fully saturated rings. The van der Waals surface area contributed by atoms with Crippen molar-refractivity contribution in [1.29, 1.82) is 0 Å². The van der Waals surface area contributed by atoms with Crippen molar-refractivity contribution in [2.75, 3.05) is 0 Å². The summed E-state index contributed by atoms with van der Waals surface area (Å²) in [5.41, 5.74) is 4.07. The van der Waals surface area contributed by atoms with Gasteiger partial charge in [-0.05, 0) is 11.5 Å². The summed E-state index contributed by atoms with van der Waals surface area (Å²) in [5.74, 6) is 0.352. The van der Waals surface area contributed by atoms with Crippen LogP contribution in [0.4, 0.5) is 0 Å². The van der Waals surface area contributed by atoms with Gasteiger partial charge < -0.3 is 4.57 Å². The summed E-state index contributed by atoms with van der Waals surface area (Å²) in [5, 5.41) is 0. The number of hydrogen-bond acceptors (Lipinski definition) is 3. The Hall–Kier alpha value is -2.23. The van der Waals surface area contributed by atoms with Crippen LogP contribution >= 0.6 is 0 Å². The standard InChI is InChI=1S/C15H16N4/c1-11(2)13-14-15(17-9-16-13)19(10-18-14)8-12-6-4-3-5-7-12/h3-7,9-11H,8H2,1-2H3. The van der Waals surface area contributed by atoms with Crippen molar-refractivity contribution in [2.24, 2.45) is 0 Å². The Kier molecular flexibility index (Phi) is 2.99. The van der Waals surface area contributed by atoms with Crippen molar-refractivity contribution < 1.29 is 0 Å². The summed E-state index contributed by atoms with van der Waals surface area (Å²) in [6.45, 7) is 5.03. The van der Waals surface area contributed by atoms with E-state index in [1.165, 1.54) is 5.56 Å². The van der Waals surface area contributed by atoms with Gasteiger partial charge in [-0.1, -0.05) is 44.2 Å². The van der Waals surface area contributed by atoms with Crippen molar-refractivity contribution in [3.8, 4) is 0 Å². The molecule has 4 heteroatoms. The number of benzene rings is 1. The lowest BCUT2D eigenvalue weighted by molar-refractivity contribution is 0.805. The average Bonchev–Trinajstić information content (AvgIpc) is 2.83. The van der Waals surface area contributed by atoms with E-state index in [9.17, 15) is 0 Å². The first-order valence-electron chi connectivity index (χ1n) is 6.45. The molecule has 3 aromatic rings. The molecule has 0 unspecified atom stereocenters. The number of imidazole rings is 1. The largest absolute Gasteiger partial charge is 0.311 e. The van der Waals surface area contributed by atoms with Gasteiger partial charge in [0.2, 0.25) is 0 Å². The highest BCUT2D eigenvalue weighted by atomic mass is 15.1. The Morgan fingerprint density at radius 2 is 1.84 bits per heavy atom. The highest BCUT2D eigenvalue weighted by Gasteiger charge is 2.12. The zero-order chi connectivity index (χ0) is 13.2. The molecular formula is C15H16N4. The van der Waals surface area contributed by atoms with Crippen LogP contribution in [0, 0.1) is 0 Å². The minimum Gasteiger partial charge on any atom is -0.311 e. The number of rotatable bonds is 3. The van der Waals surface area contributed by atoms with E-state index in [4.69, 9.17) is 0 Å². The van der Waals surface area contributed by atoms with Gasteiger partial charge in [0.25, 0.3) is 0 Å². The van der Waals surface area contributed by atoms with Crippen LogP contribution in [0.25, 0.3) is 11.2 Å². The van der Waals surface area contributed by atoms with Crippen LogP contribution in [0.1, 0.15) is 31.0 Å². The highest BCUT2D eigenvalue weighted by Crippen LogP contribution is 2.20. The van der Waals surface area contributed by atoms with E-state index in [1.54, 1.807) is 6.33 Å². The maximum absolute atomic E-state index is 4.47. The second-order valence-electron chi connectivity index (χ2n) is 4.94. The smallest absolute Gasteiger partial charge is 0.163 e. The average molecular weight is 252 g/mol. The minimum absolute atomic E-state index is 0.352. The quantitative estimate of drug-likeness (QED) is 0.719. The SMILES string of the molecule is CC(C)c1ncnc2c1ncn2Cc1ccccc1. The zero-order valence-electron chi connectivity index (χ0n) is 11.1. The Morgan fingerprint density at radius 1 is 1.05 bits per heavy atom. The molecule has 0 radical (unpaired) electrons. The van der Waals surface area contributed by atoms with Gasteiger partial charge in [0.05, 0.1) is 18.6 Å². The third kappa shape index (κ3) is 2.21. The van der Waals surface area contributed by atoms with E-state index >= 15 is 0 Å². The summed E-state index contributed by atoms with van der Waals surface area (Å²) in [6, 6.07) is 10.3. The fourth-order valence-electron chi connectivity index (χ4n) is 2.22. The molecule has 0 atom stereocenters. The third-order valence-electron chi connectivity index (χ3n) is 3.17. The molecule has 96 valence electrons. The molecule has 0 aliphatic heterocycles. The molecule has 0 N–H and O–H groups in total. The molecular weight excluding hydrogens is 236 g/mol. The lowest BCUT2D eigenvalue weighted by atomic mass is 10.1. The molecule has 0 amide bonds. The molecule has 0 aliphatic carbocycles. The van der Waals surface area contributed by atoms with Gasteiger partial charge in [0.1, 0.15) is 11.8 Å². The molecule has 1 aromatic carbocycles. The molecule has 0 aliphatic rings. The monoisotopic (exact) mass is 252 g/mol. The number of aromatic nitrogens is 4. The number of fused-ring (bicyclic) bond motifs is 1. The molecule has 0 bridgehead atoms. The first-order chi connectivity index (χ1) is 9.25. The van der Waals surface area contributed by atoms with Crippen LogP contribution in [0.3, 0.4) is 0 Å². The molecule has 4 nitrogen and oxygen atoms in total. The van der Waals surface area contributed by atoms with E-state index < -0.39 is 0 Å². The van der Waals surface area contributed by atoms with Gasteiger partial charge in [-0.2, -0.15) is 0 Å². The Morgan fingerprint density at radius 3 is 2.58 bits per heavy atom. The highest BCUT2D eigenvalue weighted by molar-refractivity contribution is 5.73. The lowest BCUT2D eigenvalue weighted by Gasteiger charge is -2.06. The van der Waals surface area contributed by atoms with Crippen molar-refractivity contribution in [1.82, 2.24) is 19.5 Å². The Labute approximate surface area is 112 Å². The van der Waals surface area contributed by atoms with Crippen molar-refractivity contribution >= 4 is 11.2 Å². The van der Waals surface area contributed by atoms with Crippen molar-refractivity contribution in [2.45, 2.75) is 26.3 Å². The Balaban J connectivity index is 2.04. The molecule has 0 spiro atoms. The summed E-state index contributed by atoms with van der Waals surface area (Å²) in [7, 11) is 0. The second kappa shape index (κ2) is 4.80. The van der Waals surface area contributed by atoms with E-state index in [1.807, 2.05) is 24.5 Å². The molecule has 0 saturated heterocycles. The fourth-order valence-corrected chi connectivity index (χ4v) is 2.22. The first-order valence-corrected chi connectivity index (χ1v) is 6.45. The minimum atomic E-state index is 0.352. The topological polar surface area (TPSA) is 43.6 Å². The first kappa shape index (κ1) is 11.8. The summed E-state index contributed by atoms with van der Waals surface area (Å²) in [6.07, 6.45) is 3.47. The van der Waals surface area contributed by atoms with Crippen LogP contribution in [0.2, 0.25) is 0 Å². The van der Waals surface area contributed by atoms with E-state index in [0.717, 1.165) is 23.4 Å². The van der Waals surface area contributed by atoms with Gasteiger partial charge in [-0.15, -0.1) is 0 Å². The van der Waals surface area contributed by atoms with E-state index in [0.29, 0.717) is 5.92 Å². The summed E-state index contributed by atoms with van der Waals surface area (Å²) >= 11 is 0. The van der Waals surface area contributed by atoms with Gasteiger partial charge in [-0.25, -0.2) is 15.0 Å². The number of nitrogens with zero attached hydrogens (tertiary/aromatic N) is 4. The van der Waals surface area contributed by atoms with Gasteiger partial charge in [-0.3, -0.25) is 0 Å². The maximum Gasteiger partial charge on any atom is 0.163 e. The van der Waals surface area contributed by atoms with Crippen LogP contribution in [0.15, 0.2) is 43.0 Å². The molecule has 2 heterocycles. The molecule has 19 heavy (non-hydrogen) atoms. The normalized spacial score (nSPS) is 11.3. The van der Waals surface area contributed by atoms with Crippen molar-refractivity contribution in [3.05, 3.63) is 54.2 Å². The van der Waals surface area contributed by atoms with E-state index in [2.05, 4.69) is 45.5 Å². The van der Waals surface area contributed by atoms with E-state index in [-0.39, 0.29) is 0 Å². The molecule has 3 rings (SSSR count). The van der Waals surface area contributed by atoms with Gasteiger partial charge in [0.15, 0.2) is 5.65 Å². The lowest BCUT2D eigenvalue weighted by Crippen LogP contribution is -2.01. The summed E-state index contributed by atoms with van der Waals surface area (Å²) in [4.78, 5) is 13.2. The second-order valence-corrected chi connectivity index (χ2v) is 4.94. The fraction of sp³-hybridized carbons (Fsp3) is 0.267. The maximum atomic E-state index is 4.47. The third-order valence-corrected chi connectivity index (χ3v) is 3.17. The van der Waals surface area contributed by atoms with Crippen LogP contribution in [0.5, 0.6) is 0 Å².